The summed E-state index contributed by atoms with van der Waals surface area (Å²) in [7, 11) is 0. The number of benzene rings is 2. The zero-order valence-corrected chi connectivity index (χ0v) is 12.4. The van der Waals surface area contributed by atoms with Crippen LogP contribution in [0.1, 0.15) is 5.56 Å². The van der Waals surface area contributed by atoms with E-state index in [1.807, 2.05) is 42.5 Å². The molecule has 2 atom stereocenters. The van der Waals surface area contributed by atoms with Crippen LogP contribution in [0.4, 0.5) is 0 Å². The molecule has 0 aliphatic carbocycles. The quantitative estimate of drug-likeness (QED) is 0.557. The number of rotatable bonds is 6. The summed E-state index contributed by atoms with van der Waals surface area (Å²) in [5, 5.41) is 4.83. The van der Waals surface area contributed by atoms with E-state index in [-0.39, 0.29) is 11.7 Å². The van der Waals surface area contributed by atoms with E-state index in [4.69, 9.17) is 5.73 Å². The van der Waals surface area contributed by atoms with E-state index in [9.17, 15) is 9.59 Å². The van der Waals surface area contributed by atoms with E-state index < -0.39 is 12.1 Å². The van der Waals surface area contributed by atoms with Crippen molar-refractivity contribution in [2.75, 3.05) is 5.75 Å². The molecule has 2 aromatic carbocycles. The molecule has 0 bridgehead atoms. The number of thiol groups is 1. The number of carbonyl (C=O) groups excluding carboxylic acids is 2. The Morgan fingerprint density at radius 2 is 1.95 bits per heavy atom. The molecule has 0 aliphatic rings. The molecular formula is C16H18N2O2S. The Balaban J connectivity index is 2.05. The topological polar surface area (TPSA) is 72.2 Å². The standard InChI is InChI=1S/C16H18N2O2S/c17-15(16(20)18-14(9-19)10-21)8-11-5-6-12-3-1-2-4-13(12)7-11/h1-7,9,14-15,21H,8,10,17H2,(H,18,20)/t14-,15-/m1/s1. The van der Waals surface area contributed by atoms with Gasteiger partial charge in [0.25, 0.3) is 0 Å². The van der Waals surface area contributed by atoms with Crippen molar-refractivity contribution >= 4 is 35.6 Å². The Hall–Kier alpha value is -1.85. The van der Waals surface area contributed by atoms with Gasteiger partial charge in [0.15, 0.2) is 0 Å². The number of fused-ring (bicyclic) bond motifs is 1. The van der Waals surface area contributed by atoms with E-state index >= 15 is 0 Å². The van der Waals surface area contributed by atoms with E-state index in [1.165, 1.54) is 0 Å². The van der Waals surface area contributed by atoms with Crippen molar-refractivity contribution in [2.45, 2.75) is 18.5 Å². The van der Waals surface area contributed by atoms with E-state index in [0.717, 1.165) is 16.3 Å². The number of hydrogen-bond donors (Lipinski definition) is 3. The van der Waals surface area contributed by atoms with Crippen LogP contribution in [0.3, 0.4) is 0 Å². The maximum absolute atomic E-state index is 11.9. The van der Waals surface area contributed by atoms with Crippen molar-refractivity contribution in [3.05, 3.63) is 48.0 Å². The third-order valence-electron chi connectivity index (χ3n) is 3.29. The number of aldehydes is 1. The third kappa shape index (κ3) is 4.06. The summed E-state index contributed by atoms with van der Waals surface area (Å²) in [6, 6.07) is 12.7. The summed E-state index contributed by atoms with van der Waals surface area (Å²) in [6.07, 6.45) is 1.09. The molecule has 2 rings (SSSR count). The van der Waals surface area contributed by atoms with Crippen LogP contribution in [0, 0.1) is 0 Å². The molecule has 0 spiro atoms. The van der Waals surface area contributed by atoms with E-state index in [0.29, 0.717) is 12.7 Å². The Morgan fingerprint density at radius 1 is 1.24 bits per heavy atom. The number of hydrogen-bond acceptors (Lipinski definition) is 4. The van der Waals surface area contributed by atoms with Gasteiger partial charge >= 0.3 is 0 Å². The zero-order valence-electron chi connectivity index (χ0n) is 11.5. The highest BCUT2D eigenvalue weighted by molar-refractivity contribution is 7.80. The lowest BCUT2D eigenvalue weighted by Crippen LogP contribution is -2.47. The second-order valence-electron chi connectivity index (χ2n) is 4.93. The average molecular weight is 302 g/mol. The summed E-state index contributed by atoms with van der Waals surface area (Å²) in [5.41, 5.74) is 6.89. The van der Waals surface area contributed by atoms with E-state index in [2.05, 4.69) is 17.9 Å². The predicted molar refractivity (Wildman–Crippen MR) is 87.5 cm³/mol. The molecule has 0 saturated heterocycles. The van der Waals surface area contributed by atoms with Crippen molar-refractivity contribution in [1.29, 1.82) is 0 Å². The van der Waals surface area contributed by atoms with Gasteiger partial charge in [-0.05, 0) is 22.8 Å². The second kappa shape index (κ2) is 7.24. The molecule has 0 aromatic heterocycles. The van der Waals surface area contributed by atoms with Crippen molar-refractivity contribution in [1.82, 2.24) is 5.32 Å². The van der Waals surface area contributed by atoms with Crippen LogP contribution in [0.2, 0.25) is 0 Å². The minimum absolute atomic E-state index is 0.262. The van der Waals surface area contributed by atoms with Gasteiger partial charge in [0.2, 0.25) is 5.91 Å². The van der Waals surface area contributed by atoms with Gasteiger partial charge in [-0.3, -0.25) is 4.79 Å². The minimum atomic E-state index is -0.687. The lowest BCUT2D eigenvalue weighted by atomic mass is 10.0. The molecule has 110 valence electrons. The summed E-state index contributed by atoms with van der Waals surface area (Å²) in [4.78, 5) is 22.6. The highest BCUT2D eigenvalue weighted by Crippen LogP contribution is 2.16. The maximum atomic E-state index is 11.9. The van der Waals surface area contributed by atoms with Gasteiger partial charge in [-0.25, -0.2) is 0 Å². The first-order chi connectivity index (χ1) is 10.1. The first kappa shape index (κ1) is 15.5. The van der Waals surface area contributed by atoms with Crippen molar-refractivity contribution in [2.24, 2.45) is 5.73 Å². The molecule has 2 aromatic rings. The Bertz CT molecular complexity index is 645. The Morgan fingerprint density at radius 3 is 2.62 bits per heavy atom. The van der Waals surface area contributed by atoms with Crippen molar-refractivity contribution in [3.8, 4) is 0 Å². The minimum Gasteiger partial charge on any atom is -0.344 e. The molecule has 0 saturated carbocycles. The number of amides is 1. The molecule has 21 heavy (non-hydrogen) atoms. The normalized spacial score (nSPS) is 13.6. The summed E-state index contributed by atoms with van der Waals surface area (Å²) in [6.45, 7) is 0. The highest BCUT2D eigenvalue weighted by atomic mass is 32.1. The molecule has 0 aliphatic heterocycles. The smallest absolute Gasteiger partial charge is 0.237 e. The Labute approximate surface area is 129 Å². The molecule has 5 heteroatoms. The summed E-state index contributed by atoms with van der Waals surface area (Å²) in [5.74, 6) is -0.0768. The number of nitrogens with one attached hydrogen (secondary N) is 1. The second-order valence-corrected chi connectivity index (χ2v) is 5.29. The molecule has 0 unspecified atom stereocenters. The highest BCUT2D eigenvalue weighted by Gasteiger charge is 2.17. The fourth-order valence-corrected chi connectivity index (χ4v) is 2.30. The number of carbonyl (C=O) groups is 2. The summed E-state index contributed by atoms with van der Waals surface area (Å²) >= 11 is 3.99. The lowest BCUT2D eigenvalue weighted by molar-refractivity contribution is -0.124. The first-order valence-corrected chi connectivity index (χ1v) is 7.37. The third-order valence-corrected chi connectivity index (χ3v) is 3.69. The Kier molecular flexibility index (Phi) is 5.36. The molecular weight excluding hydrogens is 284 g/mol. The largest absolute Gasteiger partial charge is 0.344 e. The van der Waals surface area contributed by atoms with Crippen LogP contribution >= 0.6 is 12.6 Å². The lowest BCUT2D eigenvalue weighted by Gasteiger charge is -2.15. The van der Waals surface area contributed by atoms with Gasteiger partial charge in [0, 0.05) is 5.75 Å². The molecule has 0 radical (unpaired) electrons. The SMILES string of the molecule is N[C@H](Cc1ccc2ccccc2c1)C(=O)N[C@H](C=O)CS. The van der Waals surface area contributed by atoms with Gasteiger partial charge in [0.1, 0.15) is 6.29 Å². The maximum Gasteiger partial charge on any atom is 0.237 e. The molecule has 3 N–H and O–H groups in total. The van der Waals surface area contributed by atoms with Crippen LogP contribution in [0.5, 0.6) is 0 Å². The van der Waals surface area contributed by atoms with Gasteiger partial charge in [-0.15, -0.1) is 0 Å². The molecule has 1 amide bonds. The number of nitrogens with two attached hydrogens (primary N) is 1. The van der Waals surface area contributed by atoms with Gasteiger partial charge < -0.3 is 15.8 Å². The van der Waals surface area contributed by atoms with Crippen LogP contribution in [-0.2, 0) is 16.0 Å². The van der Waals surface area contributed by atoms with Crippen LogP contribution < -0.4 is 11.1 Å². The molecule has 4 nitrogen and oxygen atoms in total. The van der Waals surface area contributed by atoms with Crippen molar-refractivity contribution < 1.29 is 9.59 Å². The predicted octanol–water partition coefficient (Wildman–Crippen LogP) is 1.32. The fraction of sp³-hybridized carbons (Fsp3) is 0.250. The molecule has 0 heterocycles. The van der Waals surface area contributed by atoms with Gasteiger partial charge in [0.05, 0.1) is 12.1 Å². The van der Waals surface area contributed by atoms with Crippen LogP contribution in [0.25, 0.3) is 10.8 Å². The first-order valence-electron chi connectivity index (χ1n) is 6.74. The van der Waals surface area contributed by atoms with E-state index in [1.54, 1.807) is 0 Å². The summed E-state index contributed by atoms with van der Waals surface area (Å²) < 4.78 is 0. The van der Waals surface area contributed by atoms with Crippen LogP contribution in [0.15, 0.2) is 42.5 Å². The van der Waals surface area contributed by atoms with Crippen LogP contribution in [-0.4, -0.2) is 30.0 Å². The van der Waals surface area contributed by atoms with Crippen molar-refractivity contribution in [3.63, 3.8) is 0 Å². The van der Waals surface area contributed by atoms with Gasteiger partial charge in [-0.1, -0.05) is 42.5 Å². The monoisotopic (exact) mass is 302 g/mol. The molecule has 0 fully saturated rings. The van der Waals surface area contributed by atoms with Gasteiger partial charge in [-0.2, -0.15) is 12.6 Å². The fourth-order valence-electron chi connectivity index (χ4n) is 2.12. The zero-order chi connectivity index (χ0) is 15.2. The average Bonchev–Trinajstić information content (AvgIpc) is 2.52.